The van der Waals surface area contributed by atoms with Gasteiger partial charge in [0, 0.05) is 0 Å². The summed E-state index contributed by atoms with van der Waals surface area (Å²) in [5.41, 5.74) is -1.08. The second-order valence-electron chi connectivity index (χ2n) is 5.52. The molecule has 0 fully saturated rings. The third-order valence-electron chi connectivity index (χ3n) is 3.75. The van der Waals surface area contributed by atoms with E-state index in [1.165, 1.54) is 13.2 Å². The molecule has 156 valence electrons. The Labute approximate surface area is 169 Å². The van der Waals surface area contributed by atoms with E-state index < -0.39 is 34.5 Å². The number of carbonyl (C=O) groups is 1. The van der Waals surface area contributed by atoms with Gasteiger partial charge in [-0.1, -0.05) is 12.1 Å². The van der Waals surface area contributed by atoms with Gasteiger partial charge in [-0.25, -0.2) is 0 Å². The van der Waals surface area contributed by atoms with Crippen LogP contribution in [0, 0.1) is 21.4 Å². The number of hydrogen-bond acceptors (Lipinski definition) is 7. The topological polar surface area (TPSA) is 124 Å². The number of para-hydroxylation sites is 2. The highest BCUT2D eigenvalue weighted by atomic mass is 19.3. The van der Waals surface area contributed by atoms with Crippen LogP contribution in [-0.2, 0) is 4.79 Å². The molecule has 0 heterocycles. The summed E-state index contributed by atoms with van der Waals surface area (Å²) in [6.07, 6.45) is 0.942. The van der Waals surface area contributed by atoms with Gasteiger partial charge in [0.2, 0.25) is 0 Å². The van der Waals surface area contributed by atoms with Crippen LogP contribution >= 0.6 is 0 Å². The van der Waals surface area contributed by atoms with E-state index in [9.17, 15) is 29.0 Å². The van der Waals surface area contributed by atoms with Gasteiger partial charge in [-0.15, -0.1) is 0 Å². The van der Waals surface area contributed by atoms with E-state index in [0.717, 1.165) is 25.3 Å². The molecule has 1 N–H and O–H groups in total. The monoisotopic (exact) mass is 419 g/mol. The van der Waals surface area contributed by atoms with Crippen molar-refractivity contribution >= 4 is 23.4 Å². The number of amides is 1. The smallest absolute Gasteiger partial charge is 0.387 e. The van der Waals surface area contributed by atoms with Gasteiger partial charge in [-0.3, -0.25) is 14.9 Å². The summed E-state index contributed by atoms with van der Waals surface area (Å²) >= 11 is 0. The van der Waals surface area contributed by atoms with E-state index in [1.807, 2.05) is 0 Å². The van der Waals surface area contributed by atoms with Crippen LogP contribution in [0.2, 0.25) is 0 Å². The zero-order chi connectivity index (χ0) is 22.3. The molecule has 0 atom stereocenters. The highest BCUT2D eigenvalue weighted by Gasteiger charge is 2.22. The zero-order valence-corrected chi connectivity index (χ0v) is 15.7. The summed E-state index contributed by atoms with van der Waals surface area (Å²) in [5, 5.41) is 23.2. The number of anilines is 1. The molecule has 0 saturated carbocycles. The molecular weight excluding hydrogens is 404 g/mol. The first-order valence-electron chi connectivity index (χ1n) is 8.18. The highest BCUT2D eigenvalue weighted by molar-refractivity contribution is 6.10. The minimum atomic E-state index is -3.24. The van der Waals surface area contributed by atoms with Gasteiger partial charge in [0.15, 0.2) is 11.5 Å². The molecule has 0 bridgehead atoms. The Bertz CT molecular complexity index is 1030. The maximum absolute atomic E-state index is 12.5. The van der Waals surface area contributed by atoms with Crippen molar-refractivity contribution in [3.63, 3.8) is 0 Å². The normalized spacial score (nSPS) is 10.9. The van der Waals surface area contributed by atoms with Crippen LogP contribution in [0.3, 0.4) is 0 Å². The van der Waals surface area contributed by atoms with Crippen LogP contribution in [0.25, 0.3) is 6.08 Å². The van der Waals surface area contributed by atoms with E-state index in [1.54, 1.807) is 24.3 Å². The van der Waals surface area contributed by atoms with Gasteiger partial charge in [-0.2, -0.15) is 14.0 Å². The van der Waals surface area contributed by atoms with Gasteiger partial charge in [0.05, 0.1) is 36.5 Å². The van der Waals surface area contributed by atoms with Gasteiger partial charge < -0.3 is 19.5 Å². The minimum absolute atomic E-state index is 0.217. The van der Waals surface area contributed by atoms with E-state index in [2.05, 4.69) is 10.1 Å². The number of hydrogen-bond donors (Lipinski definition) is 1. The maximum Gasteiger partial charge on any atom is 0.387 e. The molecule has 11 heteroatoms. The Kier molecular flexibility index (Phi) is 7.24. The molecule has 0 radical (unpaired) electrons. The van der Waals surface area contributed by atoms with Crippen molar-refractivity contribution in [3.8, 4) is 23.3 Å². The summed E-state index contributed by atoms with van der Waals surface area (Å²) in [4.78, 5) is 23.0. The van der Waals surface area contributed by atoms with Crippen molar-refractivity contribution in [3.05, 3.63) is 57.6 Å². The molecule has 0 aliphatic carbocycles. The number of ether oxygens (including phenoxy) is 3. The fraction of sp³-hybridized carbons (Fsp3) is 0.158. The summed E-state index contributed by atoms with van der Waals surface area (Å²) < 4.78 is 39.3. The molecular formula is C19H15F2N3O6. The van der Waals surface area contributed by atoms with Crippen molar-refractivity contribution in [2.75, 3.05) is 19.5 Å². The number of carbonyl (C=O) groups excluding carboxylic acids is 1. The fourth-order valence-electron chi connectivity index (χ4n) is 2.43. The van der Waals surface area contributed by atoms with Crippen LogP contribution < -0.4 is 19.5 Å². The Hall–Kier alpha value is -4.20. The van der Waals surface area contributed by atoms with Gasteiger partial charge in [0.1, 0.15) is 17.4 Å². The molecule has 0 aliphatic heterocycles. The van der Waals surface area contributed by atoms with Crippen LogP contribution in [0.15, 0.2) is 42.0 Å². The fourth-order valence-corrected chi connectivity index (χ4v) is 2.43. The molecule has 2 aromatic rings. The predicted octanol–water partition coefficient (Wildman–Crippen LogP) is 3.76. The van der Waals surface area contributed by atoms with Crippen molar-refractivity contribution in [1.29, 1.82) is 5.26 Å². The van der Waals surface area contributed by atoms with Gasteiger partial charge in [-0.05, 0) is 24.3 Å². The van der Waals surface area contributed by atoms with Crippen molar-refractivity contribution in [2.45, 2.75) is 6.61 Å². The molecule has 9 nitrogen and oxygen atoms in total. The standard InChI is InChI=1S/C19H15F2N3O6/c1-28-15-6-4-3-5-13(15)23-18(25)12(10-22)7-11-8-16(29-2)17(30-19(20)21)9-14(11)24(26)27/h3-9,19H,1-2H3,(H,23,25)/b12-7+. The maximum atomic E-state index is 12.5. The Balaban J connectivity index is 2.48. The average molecular weight is 419 g/mol. The number of nitrogens with zero attached hydrogens (tertiary/aromatic N) is 2. The van der Waals surface area contributed by atoms with E-state index in [-0.39, 0.29) is 17.0 Å². The molecule has 0 aromatic heterocycles. The average Bonchev–Trinajstić information content (AvgIpc) is 2.72. The van der Waals surface area contributed by atoms with Crippen LogP contribution in [-0.4, -0.2) is 31.7 Å². The number of rotatable bonds is 8. The number of halogens is 2. The lowest BCUT2D eigenvalue weighted by Gasteiger charge is -2.11. The van der Waals surface area contributed by atoms with Crippen LogP contribution in [0.5, 0.6) is 17.2 Å². The van der Waals surface area contributed by atoms with E-state index in [0.29, 0.717) is 5.75 Å². The number of methoxy groups -OCH3 is 2. The molecule has 1 amide bonds. The van der Waals surface area contributed by atoms with Crippen molar-refractivity contribution < 1.29 is 32.7 Å². The summed E-state index contributed by atoms with van der Waals surface area (Å²) in [6, 6.07) is 9.82. The minimum Gasteiger partial charge on any atom is -0.495 e. The quantitative estimate of drug-likeness (QED) is 0.299. The second-order valence-corrected chi connectivity index (χ2v) is 5.52. The molecule has 30 heavy (non-hydrogen) atoms. The largest absolute Gasteiger partial charge is 0.495 e. The van der Waals surface area contributed by atoms with Gasteiger partial charge >= 0.3 is 6.61 Å². The number of nitriles is 1. The van der Waals surface area contributed by atoms with Crippen molar-refractivity contribution in [1.82, 2.24) is 0 Å². The molecule has 0 saturated heterocycles. The third-order valence-corrected chi connectivity index (χ3v) is 3.75. The molecule has 0 spiro atoms. The van der Waals surface area contributed by atoms with E-state index >= 15 is 0 Å². The lowest BCUT2D eigenvalue weighted by Crippen LogP contribution is -2.14. The number of nitro benzene ring substituents is 1. The number of alkyl halides is 2. The third kappa shape index (κ3) is 5.20. The highest BCUT2D eigenvalue weighted by Crippen LogP contribution is 2.36. The summed E-state index contributed by atoms with van der Waals surface area (Å²) in [6.45, 7) is -3.24. The lowest BCUT2D eigenvalue weighted by atomic mass is 10.1. The number of nitrogens with one attached hydrogen (secondary N) is 1. The molecule has 0 aliphatic rings. The molecule has 2 rings (SSSR count). The predicted molar refractivity (Wildman–Crippen MR) is 101 cm³/mol. The zero-order valence-electron chi connectivity index (χ0n) is 15.7. The Morgan fingerprint density at radius 2 is 1.87 bits per heavy atom. The summed E-state index contributed by atoms with van der Waals surface area (Å²) in [7, 11) is 2.54. The first kappa shape index (κ1) is 22.1. The first-order valence-corrected chi connectivity index (χ1v) is 8.18. The first-order chi connectivity index (χ1) is 14.3. The molecule has 0 unspecified atom stereocenters. The second kappa shape index (κ2) is 9.83. The lowest BCUT2D eigenvalue weighted by molar-refractivity contribution is -0.385. The SMILES string of the molecule is COc1ccccc1NC(=O)/C(C#N)=C/c1cc(OC)c(OC(F)F)cc1[N+](=O)[O-]. The number of nitro groups is 1. The van der Waals surface area contributed by atoms with Crippen LogP contribution in [0.4, 0.5) is 20.2 Å². The van der Waals surface area contributed by atoms with Crippen molar-refractivity contribution in [2.24, 2.45) is 0 Å². The van der Waals surface area contributed by atoms with Crippen LogP contribution in [0.1, 0.15) is 5.56 Å². The summed E-state index contributed by atoms with van der Waals surface area (Å²) in [5.74, 6) is -1.32. The van der Waals surface area contributed by atoms with Gasteiger partial charge in [0.25, 0.3) is 11.6 Å². The Morgan fingerprint density at radius 1 is 1.20 bits per heavy atom. The Morgan fingerprint density at radius 3 is 2.43 bits per heavy atom. The van der Waals surface area contributed by atoms with E-state index in [4.69, 9.17) is 9.47 Å². The molecule has 2 aromatic carbocycles. The number of benzene rings is 2.